The van der Waals surface area contributed by atoms with E-state index in [1.807, 2.05) is 0 Å². The molecule has 7 heteroatoms. The summed E-state index contributed by atoms with van der Waals surface area (Å²) in [6, 6.07) is 8.56. The first-order valence-electron chi connectivity index (χ1n) is 8.53. The third kappa shape index (κ3) is 3.73. The van der Waals surface area contributed by atoms with Gasteiger partial charge in [0.25, 0.3) is 5.91 Å². The van der Waals surface area contributed by atoms with E-state index in [4.69, 9.17) is 4.74 Å². The molecule has 3 rings (SSSR count). The molecule has 2 aromatic rings. The molecule has 1 aliphatic rings. The predicted molar refractivity (Wildman–Crippen MR) is 102 cm³/mol. The Morgan fingerprint density at radius 3 is 2.68 bits per heavy atom. The summed E-state index contributed by atoms with van der Waals surface area (Å²) in [5.74, 6) is -0.817. The van der Waals surface area contributed by atoms with Crippen molar-refractivity contribution >= 4 is 18.0 Å². The Kier molecular flexibility index (Phi) is 5.44. The largest absolute Gasteiger partial charge is 0.504 e. The number of imide groups is 1. The number of halogens is 1. The van der Waals surface area contributed by atoms with Gasteiger partial charge in [0.05, 0.1) is 13.7 Å². The number of urea groups is 1. The highest BCUT2D eigenvalue weighted by molar-refractivity contribution is 6.13. The summed E-state index contributed by atoms with van der Waals surface area (Å²) in [6.45, 7) is 3.48. The third-order valence-corrected chi connectivity index (χ3v) is 4.32. The van der Waals surface area contributed by atoms with Gasteiger partial charge in [-0.2, -0.15) is 0 Å². The van der Waals surface area contributed by atoms with Gasteiger partial charge in [-0.05, 0) is 36.3 Å². The monoisotopic (exact) mass is 382 g/mol. The molecule has 1 saturated heterocycles. The van der Waals surface area contributed by atoms with Gasteiger partial charge >= 0.3 is 6.03 Å². The lowest BCUT2D eigenvalue weighted by Crippen LogP contribution is -2.30. The Morgan fingerprint density at radius 2 is 2.00 bits per heavy atom. The molecule has 0 spiro atoms. The molecule has 1 heterocycles. The molecule has 1 aliphatic heterocycles. The van der Waals surface area contributed by atoms with Gasteiger partial charge in [-0.1, -0.05) is 24.3 Å². The third-order valence-electron chi connectivity index (χ3n) is 4.32. The minimum absolute atomic E-state index is 0.00693. The maximum Gasteiger partial charge on any atom is 0.329 e. The quantitative estimate of drug-likeness (QED) is 0.456. The molecule has 144 valence electrons. The predicted octanol–water partition coefficient (Wildman–Crippen LogP) is 3.36. The van der Waals surface area contributed by atoms with Gasteiger partial charge in [-0.15, -0.1) is 6.58 Å². The number of nitrogens with one attached hydrogen (secondary N) is 1. The van der Waals surface area contributed by atoms with Gasteiger partial charge in [0.2, 0.25) is 0 Å². The van der Waals surface area contributed by atoms with Crippen molar-refractivity contribution in [3.05, 3.63) is 77.3 Å². The highest BCUT2D eigenvalue weighted by Gasteiger charge is 2.34. The van der Waals surface area contributed by atoms with Crippen LogP contribution in [0.15, 0.2) is 54.8 Å². The van der Waals surface area contributed by atoms with Gasteiger partial charge < -0.3 is 15.2 Å². The molecule has 0 unspecified atom stereocenters. The highest BCUT2D eigenvalue weighted by atomic mass is 19.1. The average Bonchev–Trinajstić information content (AvgIpc) is 2.93. The van der Waals surface area contributed by atoms with Gasteiger partial charge in [-0.3, -0.25) is 9.69 Å². The van der Waals surface area contributed by atoms with Crippen LogP contribution in [0.2, 0.25) is 0 Å². The van der Waals surface area contributed by atoms with E-state index in [0.717, 1.165) is 4.90 Å². The van der Waals surface area contributed by atoms with Gasteiger partial charge in [0, 0.05) is 11.1 Å². The van der Waals surface area contributed by atoms with Gasteiger partial charge in [0.1, 0.15) is 11.5 Å². The number of hydrogen-bond acceptors (Lipinski definition) is 4. The number of rotatable bonds is 6. The number of phenolic OH excluding ortho intramolecular Hbond substituents is 1. The van der Waals surface area contributed by atoms with E-state index in [1.165, 1.54) is 31.4 Å². The van der Waals surface area contributed by atoms with Crippen LogP contribution in [-0.2, 0) is 17.8 Å². The molecule has 1 fully saturated rings. The summed E-state index contributed by atoms with van der Waals surface area (Å²) in [4.78, 5) is 25.8. The number of carbonyl (C=O) groups excluding carboxylic acids is 2. The Bertz CT molecular complexity index is 984. The Balaban J connectivity index is 1.90. The van der Waals surface area contributed by atoms with Gasteiger partial charge in [0.15, 0.2) is 11.5 Å². The second kappa shape index (κ2) is 7.96. The van der Waals surface area contributed by atoms with E-state index in [1.54, 1.807) is 24.3 Å². The first-order chi connectivity index (χ1) is 13.4. The Morgan fingerprint density at radius 1 is 1.25 bits per heavy atom. The molecule has 0 aromatic heterocycles. The lowest BCUT2D eigenvalue weighted by molar-refractivity contribution is -0.123. The van der Waals surface area contributed by atoms with Gasteiger partial charge in [-0.25, -0.2) is 9.18 Å². The van der Waals surface area contributed by atoms with Crippen molar-refractivity contribution in [3.63, 3.8) is 0 Å². The fraction of sp³-hybridized carbons (Fsp3) is 0.143. The maximum absolute atomic E-state index is 13.8. The number of benzene rings is 2. The molecule has 0 atom stereocenters. The molecule has 3 amide bonds. The second-order valence-corrected chi connectivity index (χ2v) is 6.19. The maximum atomic E-state index is 13.8. The molecule has 2 N–H and O–H groups in total. The number of nitrogens with zero attached hydrogens (tertiary/aromatic N) is 1. The van der Waals surface area contributed by atoms with Crippen LogP contribution in [0.5, 0.6) is 11.5 Å². The zero-order chi connectivity index (χ0) is 20.3. The fourth-order valence-electron chi connectivity index (χ4n) is 2.92. The summed E-state index contributed by atoms with van der Waals surface area (Å²) >= 11 is 0. The topological polar surface area (TPSA) is 78.9 Å². The van der Waals surface area contributed by atoms with Crippen molar-refractivity contribution in [2.75, 3.05) is 7.11 Å². The number of aromatic hydroxyl groups is 1. The molecular weight excluding hydrogens is 363 g/mol. The standard InChI is InChI=1S/C21H19FN2O4/c1-3-6-14-9-13(11-18(28-2)19(14)25)10-17-20(26)24(21(27)23-17)12-15-7-4-5-8-16(15)22/h3-5,7-11,25H,1,6,12H2,2H3,(H,23,27)/b17-10-. The van der Waals surface area contributed by atoms with E-state index in [-0.39, 0.29) is 29.3 Å². The summed E-state index contributed by atoms with van der Waals surface area (Å²) < 4.78 is 19.0. The van der Waals surface area contributed by atoms with E-state index >= 15 is 0 Å². The van der Waals surface area contributed by atoms with E-state index in [0.29, 0.717) is 17.5 Å². The molecule has 0 bridgehead atoms. The van der Waals surface area contributed by atoms with Crippen LogP contribution < -0.4 is 10.1 Å². The van der Waals surface area contributed by atoms with Crippen LogP contribution in [0.3, 0.4) is 0 Å². The molecule has 0 saturated carbocycles. The molecule has 6 nitrogen and oxygen atoms in total. The van der Waals surface area contributed by atoms with Crippen LogP contribution in [0.25, 0.3) is 6.08 Å². The van der Waals surface area contributed by atoms with Crippen molar-refractivity contribution in [1.82, 2.24) is 10.2 Å². The van der Waals surface area contributed by atoms with Crippen molar-refractivity contribution in [2.24, 2.45) is 0 Å². The second-order valence-electron chi connectivity index (χ2n) is 6.19. The minimum atomic E-state index is -0.628. The normalized spacial score (nSPS) is 15.1. The summed E-state index contributed by atoms with van der Waals surface area (Å²) in [5.41, 5.74) is 1.43. The Hall–Kier alpha value is -3.61. The van der Waals surface area contributed by atoms with E-state index in [9.17, 15) is 19.1 Å². The number of hydrogen-bond donors (Lipinski definition) is 2. The van der Waals surface area contributed by atoms with Crippen molar-refractivity contribution in [1.29, 1.82) is 0 Å². The van der Waals surface area contributed by atoms with Crippen molar-refractivity contribution in [2.45, 2.75) is 13.0 Å². The van der Waals surface area contributed by atoms with Crippen LogP contribution in [-0.4, -0.2) is 29.1 Å². The molecular formula is C21H19FN2O4. The van der Waals surface area contributed by atoms with Crippen LogP contribution in [0.4, 0.5) is 9.18 Å². The molecule has 0 radical (unpaired) electrons. The van der Waals surface area contributed by atoms with E-state index in [2.05, 4.69) is 11.9 Å². The molecule has 2 aromatic carbocycles. The van der Waals surface area contributed by atoms with Crippen molar-refractivity contribution in [3.8, 4) is 11.5 Å². The average molecular weight is 382 g/mol. The van der Waals surface area contributed by atoms with E-state index < -0.39 is 17.8 Å². The number of carbonyl (C=O) groups is 2. The highest BCUT2D eigenvalue weighted by Crippen LogP contribution is 2.33. The van der Waals surface area contributed by atoms with Crippen LogP contribution in [0, 0.1) is 5.82 Å². The number of allylic oxidation sites excluding steroid dienone is 1. The zero-order valence-corrected chi connectivity index (χ0v) is 15.2. The number of amides is 3. The molecule has 0 aliphatic carbocycles. The fourth-order valence-corrected chi connectivity index (χ4v) is 2.92. The SMILES string of the molecule is C=CCc1cc(/C=C2\NC(=O)N(Cc3ccccc3F)C2=O)cc(OC)c1O. The summed E-state index contributed by atoms with van der Waals surface area (Å²) in [7, 11) is 1.42. The Labute approximate surface area is 161 Å². The first-order valence-corrected chi connectivity index (χ1v) is 8.53. The number of methoxy groups -OCH3 is 1. The lowest BCUT2D eigenvalue weighted by Gasteiger charge is -2.12. The summed E-state index contributed by atoms with van der Waals surface area (Å²) in [6.07, 6.45) is 3.51. The van der Waals surface area contributed by atoms with Crippen molar-refractivity contribution < 1.29 is 23.8 Å². The first kappa shape index (κ1) is 19.2. The smallest absolute Gasteiger partial charge is 0.329 e. The zero-order valence-electron chi connectivity index (χ0n) is 15.2. The van der Waals surface area contributed by atoms with Crippen LogP contribution in [0.1, 0.15) is 16.7 Å². The lowest BCUT2D eigenvalue weighted by atomic mass is 10.0. The summed E-state index contributed by atoms with van der Waals surface area (Å²) in [5, 5.41) is 12.7. The number of phenols is 1. The number of ether oxygens (including phenoxy) is 1. The van der Waals surface area contributed by atoms with Crippen LogP contribution >= 0.6 is 0 Å². The molecule has 28 heavy (non-hydrogen) atoms. The minimum Gasteiger partial charge on any atom is -0.504 e.